The number of nitrogens with two attached hydrogens (primary N) is 1. The number of hydrogen-bond acceptors (Lipinski definition) is 5. The molecule has 1 aromatic heterocycles. The summed E-state index contributed by atoms with van der Waals surface area (Å²) in [7, 11) is 0. The molecular formula is C15H14FN3O2. The molecule has 0 aliphatic carbocycles. The van der Waals surface area contributed by atoms with Crippen molar-refractivity contribution >= 4 is 5.69 Å². The summed E-state index contributed by atoms with van der Waals surface area (Å²) in [5.41, 5.74) is 6.11. The number of aromatic nitrogens is 1. The first kappa shape index (κ1) is 14.6. The average molecular weight is 287 g/mol. The zero-order chi connectivity index (χ0) is 15.2. The smallest absolute Gasteiger partial charge is 0.240 e. The minimum Gasteiger partial charge on any atom is -0.476 e. The van der Waals surface area contributed by atoms with E-state index < -0.39 is 5.82 Å². The van der Waals surface area contributed by atoms with Crippen LogP contribution in [-0.2, 0) is 0 Å². The Kier molecular flexibility index (Phi) is 4.57. The van der Waals surface area contributed by atoms with Gasteiger partial charge in [-0.2, -0.15) is 10.2 Å². The van der Waals surface area contributed by atoms with Crippen LogP contribution in [0.5, 0.6) is 17.5 Å². The van der Waals surface area contributed by atoms with Gasteiger partial charge in [-0.3, -0.25) is 0 Å². The van der Waals surface area contributed by atoms with Crippen LogP contribution in [0.1, 0.15) is 18.9 Å². The fraction of sp³-hybridized carbons (Fsp3) is 0.200. The summed E-state index contributed by atoms with van der Waals surface area (Å²) in [5, 5.41) is 8.67. The summed E-state index contributed by atoms with van der Waals surface area (Å²) in [4.78, 5) is 4.12. The molecule has 2 rings (SSSR count). The van der Waals surface area contributed by atoms with E-state index in [-0.39, 0.29) is 23.1 Å². The van der Waals surface area contributed by atoms with Crippen LogP contribution in [-0.4, -0.2) is 11.6 Å². The average Bonchev–Trinajstić information content (AvgIpc) is 2.48. The standard InChI is InChI=1S/C15H14FN3O2/c1-2-7-20-15-13(18)5-6-14(19-15)21-11-4-3-10(9-17)12(16)8-11/h3-6,8H,2,7,18H2,1H3. The Morgan fingerprint density at radius 1 is 1.33 bits per heavy atom. The molecule has 0 spiro atoms. The molecule has 108 valence electrons. The topological polar surface area (TPSA) is 81.2 Å². The fourth-order valence-electron chi connectivity index (χ4n) is 1.58. The molecule has 0 saturated heterocycles. The van der Waals surface area contributed by atoms with Gasteiger partial charge in [0.05, 0.1) is 17.9 Å². The summed E-state index contributed by atoms with van der Waals surface area (Å²) in [6.45, 7) is 2.46. The lowest BCUT2D eigenvalue weighted by Gasteiger charge is -2.10. The molecule has 0 fully saturated rings. The molecule has 0 amide bonds. The van der Waals surface area contributed by atoms with Crippen LogP contribution < -0.4 is 15.2 Å². The van der Waals surface area contributed by atoms with E-state index in [1.54, 1.807) is 18.2 Å². The van der Waals surface area contributed by atoms with E-state index in [1.807, 2.05) is 6.92 Å². The summed E-state index contributed by atoms with van der Waals surface area (Å²) < 4.78 is 24.3. The van der Waals surface area contributed by atoms with Gasteiger partial charge in [0.25, 0.3) is 0 Å². The molecular weight excluding hydrogens is 273 g/mol. The minimum absolute atomic E-state index is 0.0421. The molecule has 0 aliphatic rings. The van der Waals surface area contributed by atoms with Crippen LogP contribution in [0, 0.1) is 17.1 Å². The van der Waals surface area contributed by atoms with Gasteiger partial charge in [-0.1, -0.05) is 6.92 Å². The Balaban J connectivity index is 2.19. The van der Waals surface area contributed by atoms with Crippen molar-refractivity contribution in [3.05, 3.63) is 41.7 Å². The third-order valence-corrected chi connectivity index (χ3v) is 2.59. The van der Waals surface area contributed by atoms with Crippen LogP contribution in [0.25, 0.3) is 0 Å². The number of ether oxygens (including phenoxy) is 2. The van der Waals surface area contributed by atoms with Gasteiger partial charge in [0.1, 0.15) is 17.6 Å². The second-order valence-electron chi connectivity index (χ2n) is 4.25. The third kappa shape index (κ3) is 3.60. The van der Waals surface area contributed by atoms with Crippen LogP contribution in [0.3, 0.4) is 0 Å². The van der Waals surface area contributed by atoms with Crippen LogP contribution in [0.4, 0.5) is 10.1 Å². The highest BCUT2D eigenvalue weighted by Gasteiger charge is 2.08. The van der Waals surface area contributed by atoms with E-state index in [0.29, 0.717) is 12.3 Å². The Labute approximate surface area is 121 Å². The Hall–Kier alpha value is -2.81. The van der Waals surface area contributed by atoms with Crippen molar-refractivity contribution in [2.24, 2.45) is 0 Å². The van der Waals surface area contributed by atoms with Gasteiger partial charge < -0.3 is 15.2 Å². The first-order valence-corrected chi connectivity index (χ1v) is 6.41. The predicted octanol–water partition coefficient (Wildman–Crippen LogP) is 3.26. The summed E-state index contributed by atoms with van der Waals surface area (Å²) in [5.74, 6) is 0.112. The maximum Gasteiger partial charge on any atom is 0.240 e. The normalized spacial score (nSPS) is 9.95. The molecule has 2 N–H and O–H groups in total. The Bertz CT molecular complexity index is 683. The lowest BCUT2D eigenvalue weighted by atomic mass is 10.2. The zero-order valence-electron chi connectivity index (χ0n) is 11.5. The van der Waals surface area contributed by atoms with Crippen molar-refractivity contribution in [3.63, 3.8) is 0 Å². The Morgan fingerprint density at radius 2 is 2.14 bits per heavy atom. The zero-order valence-corrected chi connectivity index (χ0v) is 11.5. The molecule has 0 saturated carbocycles. The van der Waals surface area contributed by atoms with E-state index in [0.717, 1.165) is 12.5 Å². The highest BCUT2D eigenvalue weighted by atomic mass is 19.1. The summed E-state index contributed by atoms with van der Waals surface area (Å²) in [6, 6.07) is 8.87. The highest BCUT2D eigenvalue weighted by Crippen LogP contribution is 2.26. The van der Waals surface area contributed by atoms with Crippen molar-refractivity contribution in [3.8, 4) is 23.6 Å². The molecule has 6 heteroatoms. The number of halogens is 1. The van der Waals surface area contributed by atoms with E-state index in [4.69, 9.17) is 20.5 Å². The quantitative estimate of drug-likeness (QED) is 0.912. The van der Waals surface area contributed by atoms with E-state index in [2.05, 4.69) is 4.98 Å². The van der Waals surface area contributed by atoms with Gasteiger partial charge in [0.2, 0.25) is 11.8 Å². The molecule has 0 atom stereocenters. The summed E-state index contributed by atoms with van der Waals surface area (Å²) in [6.07, 6.45) is 0.826. The molecule has 0 aliphatic heterocycles. The predicted molar refractivity (Wildman–Crippen MR) is 75.6 cm³/mol. The molecule has 0 bridgehead atoms. The van der Waals surface area contributed by atoms with Crippen LogP contribution >= 0.6 is 0 Å². The van der Waals surface area contributed by atoms with E-state index in [1.165, 1.54) is 12.1 Å². The second-order valence-corrected chi connectivity index (χ2v) is 4.25. The SMILES string of the molecule is CCCOc1nc(Oc2ccc(C#N)c(F)c2)ccc1N. The van der Waals surface area contributed by atoms with Crippen molar-refractivity contribution in [1.29, 1.82) is 5.26 Å². The van der Waals surface area contributed by atoms with E-state index in [9.17, 15) is 4.39 Å². The van der Waals surface area contributed by atoms with Crippen molar-refractivity contribution < 1.29 is 13.9 Å². The van der Waals surface area contributed by atoms with Crippen molar-refractivity contribution in [2.75, 3.05) is 12.3 Å². The number of nitriles is 1. The number of hydrogen-bond donors (Lipinski definition) is 1. The van der Waals surface area contributed by atoms with Crippen molar-refractivity contribution in [1.82, 2.24) is 4.98 Å². The third-order valence-electron chi connectivity index (χ3n) is 2.59. The first-order valence-electron chi connectivity index (χ1n) is 6.41. The molecule has 1 aromatic carbocycles. The van der Waals surface area contributed by atoms with Gasteiger partial charge >= 0.3 is 0 Å². The summed E-state index contributed by atoms with van der Waals surface area (Å²) >= 11 is 0. The number of pyridine rings is 1. The Morgan fingerprint density at radius 3 is 2.81 bits per heavy atom. The van der Waals surface area contributed by atoms with Gasteiger partial charge in [0.15, 0.2) is 0 Å². The molecule has 21 heavy (non-hydrogen) atoms. The van der Waals surface area contributed by atoms with Crippen LogP contribution in [0.2, 0.25) is 0 Å². The number of benzene rings is 1. The number of nitrogens with zero attached hydrogens (tertiary/aromatic N) is 2. The van der Waals surface area contributed by atoms with Gasteiger partial charge in [-0.25, -0.2) is 4.39 Å². The molecule has 0 unspecified atom stereocenters. The van der Waals surface area contributed by atoms with Crippen molar-refractivity contribution in [2.45, 2.75) is 13.3 Å². The minimum atomic E-state index is -0.645. The number of anilines is 1. The van der Waals surface area contributed by atoms with Gasteiger partial charge in [0, 0.05) is 12.1 Å². The molecule has 5 nitrogen and oxygen atoms in total. The van der Waals surface area contributed by atoms with Gasteiger partial charge in [-0.15, -0.1) is 0 Å². The monoisotopic (exact) mass is 287 g/mol. The number of rotatable bonds is 5. The molecule has 0 radical (unpaired) electrons. The first-order chi connectivity index (χ1) is 10.1. The maximum atomic E-state index is 13.5. The largest absolute Gasteiger partial charge is 0.476 e. The second kappa shape index (κ2) is 6.57. The van der Waals surface area contributed by atoms with Gasteiger partial charge in [-0.05, 0) is 24.6 Å². The lowest BCUT2D eigenvalue weighted by molar-refractivity contribution is 0.302. The highest BCUT2D eigenvalue weighted by molar-refractivity contribution is 5.49. The lowest BCUT2D eigenvalue weighted by Crippen LogP contribution is -2.02. The maximum absolute atomic E-state index is 13.5. The molecule has 1 heterocycles. The molecule has 2 aromatic rings. The fourth-order valence-corrected chi connectivity index (χ4v) is 1.58. The van der Waals surface area contributed by atoms with E-state index >= 15 is 0 Å². The number of nitrogen functional groups attached to an aromatic ring is 1. The van der Waals surface area contributed by atoms with Crippen LogP contribution in [0.15, 0.2) is 30.3 Å².